The smallest absolute Gasteiger partial charge is 0.162 e. The number of nitrogens with zero attached hydrogens (tertiary/aromatic N) is 3. The number of hydrogen-bond acceptors (Lipinski definition) is 6. The molecule has 5 nitrogen and oxygen atoms in total. The predicted octanol–water partition coefficient (Wildman–Crippen LogP) is 5.14. The van der Waals surface area contributed by atoms with Gasteiger partial charge in [0.1, 0.15) is 11.6 Å². The van der Waals surface area contributed by atoms with Gasteiger partial charge in [0, 0.05) is 21.9 Å². The van der Waals surface area contributed by atoms with Gasteiger partial charge in [0.2, 0.25) is 0 Å². The maximum atomic E-state index is 5.30. The van der Waals surface area contributed by atoms with Gasteiger partial charge in [-0.15, -0.1) is 0 Å². The molecular formula is C19H18N4OS. The molecule has 25 heavy (non-hydrogen) atoms. The largest absolute Gasteiger partial charge is 0.363 e. The lowest BCUT2D eigenvalue weighted by molar-refractivity contribution is 0.392. The molecule has 4 rings (SSSR count). The van der Waals surface area contributed by atoms with Gasteiger partial charge in [-0.3, -0.25) is 0 Å². The van der Waals surface area contributed by atoms with Gasteiger partial charge >= 0.3 is 0 Å². The van der Waals surface area contributed by atoms with E-state index in [9.17, 15) is 0 Å². The van der Waals surface area contributed by atoms with Gasteiger partial charge in [-0.2, -0.15) is 11.3 Å². The zero-order valence-electron chi connectivity index (χ0n) is 14.3. The molecule has 126 valence electrons. The summed E-state index contributed by atoms with van der Waals surface area (Å²) in [7, 11) is 0. The summed E-state index contributed by atoms with van der Waals surface area (Å²) < 4.78 is 5.30. The van der Waals surface area contributed by atoms with Crippen molar-refractivity contribution in [3.05, 3.63) is 58.1 Å². The minimum absolute atomic E-state index is 0.0277. The molecule has 6 heteroatoms. The van der Waals surface area contributed by atoms with E-state index in [1.54, 1.807) is 11.3 Å². The van der Waals surface area contributed by atoms with Crippen LogP contribution in [-0.2, 0) is 0 Å². The lowest BCUT2D eigenvalue weighted by Gasteiger charge is -2.16. The highest BCUT2D eigenvalue weighted by Crippen LogP contribution is 2.30. The summed E-state index contributed by atoms with van der Waals surface area (Å²) in [6.07, 6.45) is 0. The number of thiophene rings is 1. The Morgan fingerprint density at radius 3 is 2.68 bits per heavy atom. The topological polar surface area (TPSA) is 63.8 Å². The molecule has 0 saturated carbocycles. The van der Waals surface area contributed by atoms with Crippen LogP contribution in [0.5, 0.6) is 0 Å². The van der Waals surface area contributed by atoms with E-state index in [-0.39, 0.29) is 6.04 Å². The van der Waals surface area contributed by atoms with E-state index in [1.807, 2.05) is 49.6 Å². The van der Waals surface area contributed by atoms with E-state index in [2.05, 4.69) is 22.8 Å². The average Bonchev–Trinajstić information content (AvgIpc) is 3.25. The van der Waals surface area contributed by atoms with Gasteiger partial charge in [-0.1, -0.05) is 17.3 Å². The molecule has 3 aromatic heterocycles. The fraction of sp³-hybridized carbons (Fsp3) is 0.211. The van der Waals surface area contributed by atoms with Crippen molar-refractivity contribution in [2.45, 2.75) is 26.8 Å². The van der Waals surface area contributed by atoms with E-state index >= 15 is 0 Å². The number of rotatable bonds is 4. The lowest BCUT2D eigenvalue weighted by Crippen LogP contribution is -2.11. The second-order valence-electron chi connectivity index (χ2n) is 6.03. The Balaban J connectivity index is 1.80. The van der Waals surface area contributed by atoms with Gasteiger partial charge in [-0.05, 0) is 44.4 Å². The Labute approximate surface area is 149 Å². The number of para-hydroxylation sites is 1. The first-order chi connectivity index (χ1) is 12.1. The van der Waals surface area contributed by atoms with E-state index < -0.39 is 0 Å². The van der Waals surface area contributed by atoms with Crippen molar-refractivity contribution in [3.8, 4) is 11.4 Å². The second kappa shape index (κ2) is 6.29. The van der Waals surface area contributed by atoms with Crippen LogP contribution in [0.2, 0.25) is 0 Å². The molecule has 1 aromatic carbocycles. The van der Waals surface area contributed by atoms with Crippen molar-refractivity contribution in [1.82, 2.24) is 15.1 Å². The molecule has 0 aliphatic carbocycles. The van der Waals surface area contributed by atoms with Gasteiger partial charge in [0.25, 0.3) is 0 Å². The van der Waals surface area contributed by atoms with Crippen molar-refractivity contribution in [2.75, 3.05) is 5.32 Å². The van der Waals surface area contributed by atoms with Crippen LogP contribution >= 0.6 is 11.3 Å². The highest BCUT2D eigenvalue weighted by atomic mass is 32.1. The van der Waals surface area contributed by atoms with Crippen molar-refractivity contribution in [3.63, 3.8) is 0 Å². The monoisotopic (exact) mass is 350 g/mol. The molecular weight excluding hydrogens is 332 g/mol. The van der Waals surface area contributed by atoms with Crippen molar-refractivity contribution in [2.24, 2.45) is 0 Å². The van der Waals surface area contributed by atoms with Gasteiger partial charge in [0.05, 0.1) is 17.3 Å². The molecule has 1 unspecified atom stereocenters. The van der Waals surface area contributed by atoms with Crippen LogP contribution in [0.4, 0.5) is 5.82 Å². The van der Waals surface area contributed by atoms with Gasteiger partial charge in [-0.25, -0.2) is 9.97 Å². The van der Waals surface area contributed by atoms with Gasteiger partial charge < -0.3 is 9.84 Å². The van der Waals surface area contributed by atoms with Crippen LogP contribution in [-0.4, -0.2) is 15.1 Å². The zero-order valence-corrected chi connectivity index (χ0v) is 15.1. The number of aryl methyl sites for hydroxylation is 2. The van der Waals surface area contributed by atoms with Crippen LogP contribution < -0.4 is 5.32 Å². The second-order valence-corrected chi connectivity index (χ2v) is 6.81. The fourth-order valence-corrected chi connectivity index (χ4v) is 3.73. The van der Waals surface area contributed by atoms with E-state index in [0.29, 0.717) is 0 Å². The zero-order chi connectivity index (χ0) is 17.4. The Kier molecular flexibility index (Phi) is 3.97. The maximum Gasteiger partial charge on any atom is 0.162 e. The number of benzene rings is 1. The Bertz CT molecular complexity index is 1000. The lowest BCUT2D eigenvalue weighted by atomic mass is 10.1. The highest BCUT2D eigenvalue weighted by molar-refractivity contribution is 7.08. The third-order valence-corrected chi connectivity index (χ3v) is 4.94. The summed E-state index contributed by atoms with van der Waals surface area (Å²) in [6.45, 7) is 5.98. The number of nitrogens with one attached hydrogen (secondary N) is 1. The molecule has 1 atom stereocenters. The predicted molar refractivity (Wildman–Crippen MR) is 101 cm³/mol. The molecule has 0 amide bonds. The molecule has 0 bridgehead atoms. The third kappa shape index (κ3) is 2.89. The van der Waals surface area contributed by atoms with Crippen LogP contribution in [0.1, 0.15) is 30.0 Å². The average molecular weight is 350 g/mol. The first-order valence-electron chi connectivity index (χ1n) is 8.12. The number of aromatic nitrogens is 3. The molecule has 0 saturated heterocycles. The Morgan fingerprint density at radius 2 is 1.96 bits per heavy atom. The molecule has 0 fully saturated rings. The van der Waals surface area contributed by atoms with Crippen LogP contribution in [0.15, 0.2) is 45.6 Å². The van der Waals surface area contributed by atoms with Crippen molar-refractivity contribution < 1.29 is 4.52 Å². The van der Waals surface area contributed by atoms with Gasteiger partial charge in [0.15, 0.2) is 5.82 Å². The summed E-state index contributed by atoms with van der Waals surface area (Å²) in [5.41, 5.74) is 3.92. The quantitative estimate of drug-likeness (QED) is 0.552. The van der Waals surface area contributed by atoms with E-state index in [1.165, 1.54) is 0 Å². The summed E-state index contributed by atoms with van der Waals surface area (Å²) in [5, 5.41) is 12.7. The third-order valence-electron chi connectivity index (χ3n) is 4.26. The minimum atomic E-state index is 0.0277. The van der Waals surface area contributed by atoms with Crippen molar-refractivity contribution >= 4 is 28.1 Å². The molecule has 0 spiro atoms. The molecule has 0 radical (unpaired) electrons. The highest BCUT2D eigenvalue weighted by Gasteiger charge is 2.18. The molecule has 0 aliphatic heterocycles. The molecule has 1 N–H and O–H groups in total. The fourth-order valence-electron chi connectivity index (χ4n) is 3.09. The van der Waals surface area contributed by atoms with Crippen molar-refractivity contribution in [1.29, 1.82) is 0 Å². The van der Waals surface area contributed by atoms with E-state index in [4.69, 9.17) is 14.5 Å². The first-order valence-corrected chi connectivity index (χ1v) is 9.06. The molecule has 0 aliphatic rings. The van der Waals surface area contributed by atoms with Crippen LogP contribution in [0, 0.1) is 13.8 Å². The summed E-state index contributed by atoms with van der Waals surface area (Å²) >= 11 is 1.64. The maximum absolute atomic E-state index is 5.30. The van der Waals surface area contributed by atoms with Crippen LogP contribution in [0.25, 0.3) is 22.3 Å². The summed E-state index contributed by atoms with van der Waals surface area (Å²) in [4.78, 5) is 9.49. The summed E-state index contributed by atoms with van der Waals surface area (Å²) in [5.74, 6) is 2.38. The minimum Gasteiger partial charge on any atom is -0.363 e. The number of hydrogen-bond donors (Lipinski definition) is 1. The van der Waals surface area contributed by atoms with Crippen LogP contribution in [0.3, 0.4) is 0 Å². The molecule has 4 aromatic rings. The number of anilines is 1. The van der Waals surface area contributed by atoms with E-state index in [0.717, 1.165) is 45.1 Å². The SMILES string of the molecule is Cc1noc(C)c1C(C)Nc1nc(-c2ccsc2)nc2ccccc12. The first kappa shape index (κ1) is 15.8. The standard InChI is InChI=1S/C19H18N4OS/c1-11(17-12(2)23-24-13(17)3)20-19-15-6-4-5-7-16(15)21-18(22-19)14-8-9-25-10-14/h4-11H,1-3H3,(H,20,21,22). The Morgan fingerprint density at radius 1 is 1.12 bits per heavy atom. The molecule has 3 heterocycles. The normalized spacial score (nSPS) is 12.4. The Hall–Kier alpha value is -2.73. The number of fused-ring (bicyclic) bond motifs is 1. The summed E-state index contributed by atoms with van der Waals surface area (Å²) in [6, 6.07) is 10.1.